The summed E-state index contributed by atoms with van der Waals surface area (Å²) in [6.07, 6.45) is 0.864. The number of methoxy groups -OCH3 is 1. The number of piperazine rings is 1. The van der Waals surface area contributed by atoms with Gasteiger partial charge in [0, 0.05) is 32.7 Å². The number of hydrogen-bond donors (Lipinski definition) is 2. The van der Waals surface area contributed by atoms with Crippen molar-refractivity contribution in [2.24, 2.45) is 0 Å². The highest BCUT2D eigenvalue weighted by molar-refractivity contribution is 5.51. The van der Waals surface area contributed by atoms with Crippen molar-refractivity contribution < 1.29 is 9.84 Å². The van der Waals surface area contributed by atoms with E-state index in [4.69, 9.17) is 4.74 Å². The molecule has 2 rings (SSSR count). The van der Waals surface area contributed by atoms with Crippen LogP contribution in [0.3, 0.4) is 0 Å². The molecule has 0 atom stereocenters. The first-order valence-electron chi connectivity index (χ1n) is 6.92. The van der Waals surface area contributed by atoms with Gasteiger partial charge in [0.1, 0.15) is 11.5 Å². The van der Waals surface area contributed by atoms with Crippen LogP contribution < -0.4 is 10.1 Å². The Hall–Kier alpha value is -1.26. The average molecular weight is 264 g/mol. The highest BCUT2D eigenvalue weighted by atomic mass is 16.5. The van der Waals surface area contributed by atoms with E-state index in [0.29, 0.717) is 5.75 Å². The number of rotatable bonds is 4. The Kier molecular flexibility index (Phi) is 4.66. The van der Waals surface area contributed by atoms with Crippen LogP contribution in [0.1, 0.15) is 16.7 Å². The van der Waals surface area contributed by atoms with E-state index in [1.54, 1.807) is 7.11 Å². The predicted octanol–water partition coefficient (Wildman–Crippen LogP) is 1.47. The van der Waals surface area contributed by atoms with Crippen LogP contribution in [-0.4, -0.2) is 49.8 Å². The van der Waals surface area contributed by atoms with Gasteiger partial charge in [-0.1, -0.05) is 0 Å². The molecule has 4 heteroatoms. The molecule has 1 fully saturated rings. The fraction of sp³-hybridized carbons (Fsp3) is 0.600. The summed E-state index contributed by atoms with van der Waals surface area (Å²) in [5.41, 5.74) is 2.93. The molecule has 1 aromatic carbocycles. The number of phenolic OH excluding ortho intramolecular Hbond substituents is 1. The molecule has 106 valence electrons. The SMILES string of the molecule is COc1cc(CCN2CCNCC2)c(O)c(C)c1C. The van der Waals surface area contributed by atoms with E-state index >= 15 is 0 Å². The minimum absolute atomic E-state index is 0.424. The zero-order chi connectivity index (χ0) is 13.8. The molecule has 1 aromatic rings. The number of phenols is 1. The first-order valence-corrected chi connectivity index (χ1v) is 6.92. The Bertz CT molecular complexity index is 440. The summed E-state index contributed by atoms with van der Waals surface area (Å²) in [5, 5.41) is 13.6. The number of nitrogens with one attached hydrogen (secondary N) is 1. The minimum atomic E-state index is 0.424. The van der Waals surface area contributed by atoms with Crippen molar-refractivity contribution in [2.45, 2.75) is 20.3 Å². The van der Waals surface area contributed by atoms with Gasteiger partial charge in [-0.05, 0) is 43.0 Å². The van der Waals surface area contributed by atoms with Gasteiger partial charge < -0.3 is 20.1 Å². The van der Waals surface area contributed by atoms with Gasteiger partial charge in [-0.3, -0.25) is 0 Å². The average Bonchev–Trinajstić information content (AvgIpc) is 2.45. The van der Waals surface area contributed by atoms with Gasteiger partial charge in [-0.2, -0.15) is 0 Å². The van der Waals surface area contributed by atoms with Crippen molar-refractivity contribution in [1.29, 1.82) is 0 Å². The molecule has 0 aromatic heterocycles. The van der Waals surface area contributed by atoms with Crippen LogP contribution >= 0.6 is 0 Å². The first kappa shape index (κ1) is 14.2. The summed E-state index contributed by atoms with van der Waals surface area (Å²) in [7, 11) is 1.68. The van der Waals surface area contributed by atoms with Gasteiger partial charge in [-0.25, -0.2) is 0 Å². The number of aromatic hydroxyl groups is 1. The zero-order valence-electron chi connectivity index (χ0n) is 12.1. The molecule has 4 nitrogen and oxygen atoms in total. The molecule has 0 saturated carbocycles. The van der Waals surface area contributed by atoms with Crippen molar-refractivity contribution >= 4 is 0 Å². The number of benzene rings is 1. The molecule has 0 radical (unpaired) electrons. The summed E-state index contributed by atoms with van der Waals surface area (Å²) in [6.45, 7) is 9.20. The fourth-order valence-corrected chi connectivity index (χ4v) is 2.55. The Labute approximate surface area is 115 Å². The third kappa shape index (κ3) is 3.19. The Balaban J connectivity index is 2.08. The molecule has 1 saturated heterocycles. The predicted molar refractivity (Wildman–Crippen MR) is 77.1 cm³/mol. The summed E-state index contributed by atoms with van der Waals surface area (Å²) in [5.74, 6) is 1.29. The van der Waals surface area contributed by atoms with Gasteiger partial charge in [0.2, 0.25) is 0 Å². The highest BCUT2D eigenvalue weighted by Crippen LogP contribution is 2.32. The van der Waals surface area contributed by atoms with Crippen molar-refractivity contribution in [3.05, 3.63) is 22.8 Å². The molecular weight excluding hydrogens is 240 g/mol. The molecule has 1 heterocycles. The van der Waals surface area contributed by atoms with E-state index in [2.05, 4.69) is 10.2 Å². The molecule has 0 aliphatic carbocycles. The first-order chi connectivity index (χ1) is 9.13. The van der Waals surface area contributed by atoms with E-state index in [0.717, 1.165) is 61.6 Å². The molecule has 19 heavy (non-hydrogen) atoms. The van der Waals surface area contributed by atoms with Gasteiger partial charge in [0.05, 0.1) is 7.11 Å². The maximum Gasteiger partial charge on any atom is 0.122 e. The van der Waals surface area contributed by atoms with E-state index in [9.17, 15) is 5.11 Å². The van der Waals surface area contributed by atoms with Gasteiger partial charge in [0.25, 0.3) is 0 Å². The molecule has 0 unspecified atom stereocenters. The monoisotopic (exact) mass is 264 g/mol. The maximum absolute atomic E-state index is 10.2. The Morgan fingerprint density at radius 3 is 2.58 bits per heavy atom. The third-order valence-electron chi connectivity index (χ3n) is 4.02. The third-order valence-corrected chi connectivity index (χ3v) is 4.02. The van der Waals surface area contributed by atoms with E-state index in [1.165, 1.54) is 0 Å². The zero-order valence-corrected chi connectivity index (χ0v) is 12.1. The lowest BCUT2D eigenvalue weighted by Gasteiger charge is -2.27. The summed E-state index contributed by atoms with van der Waals surface area (Å²) < 4.78 is 5.38. The van der Waals surface area contributed by atoms with E-state index in [-0.39, 0.29) is 0 Å². The number of ether oxygens (including phenoxy) is 1. The van der Waals surface area contributed by atoms with Crippen molar-refractivity contribution in [1.82, 2.24) is 10.2 Å². The molecule has 0 amide bonds. The van der Waals surface area contributed by atoms with E-state index < -0.39 is 0 Å². The van der Waals surface area contributed by atoms with Crippen molar-refractivity contribution in [3.63, 3.8) is 0 Å². The van der Waals surface area contributed by atoms with Crippen molar-refractivity contribution in [3.8, 4) is 11.5 Å². The van der Waals surface area contributed by atoms with Crippen LogP contribution in [0, 0.1) is 13.8 Å². The molecule has 0 spiro atoms. The second-order valence-electron chi connectivity index (χ2n) is 5.18. The molecule has 2 N–H and O–H groups in total. The van der Waals surface area contributed by atoms with Crippen LogP contribution in [-0.2, 0) is 6.42 Å². The van der Waals surface area contributed by atoms with Crippen LogP contribution in [0.15, 0.2) is 6.07 Å². The summed E-state index contributed by atoms with van der Waals surface area (Å²) >= 11 is 0. The van der Waals surface area contributed by atoms with Gasteiger partial charge in [-0.15, -0.1) is 0 Å². The summed E-state index contributed by atoms with van der Waals surface area (Å²) in [6, 6.07) is 1.97. The van der Waals surface area contributed by atoms with Crippen LogP contribution in [0.2, 0.25) is 0 Å². The fourth-order valence-electron chi connectivity index (χ4n) is 2.55. The minimum Gasteiger partial charge on any atom is -0.507 e. The lowest BCUT2D eigenvalue weighted by Crippen LogP contribution is -2.44. The second kappa shape index (κ2) is 6.26. The van der Waals surface area contributed by atoms with Gasteiger partial charge >= 0.3 is 0 Å². The van der Waals surface area contributed by atoms with Crippen LogP contribution in [0.5, 0.6) is 11.5 Å². The quantitative estimate of drug-likeness (QED) is 0.864. The standard InChI is InChI=1S/C15H24N2O2/c1-11-12(2)15(18)13(10-14(11)19-3)4-7-17-8-5-16-6-9-17/h10,16,18H,4-9H2,1-3H3. The second-order valence-corrected chi connectivity index (χ2v) is 5.18. The lowest BCUT2D eigenvalue weighted by atomic mass is 10.0. The summed E-state index contributed by atoms with van der Waals surface area (Å²) in [4.78, 5) is 2.43. The molecule has 1 aliphatic heterocycles. The highest BCUT2D eigenvalue weighted by Gasteiger charge is 2.14. The topological polar surface area (TPSA) is 44.7 Å². The Morgan fingerprint density at radius 1 is 1.26 bits per heavy atom. The van der Waals surface area contributed by atoms with Crippen LogP contribution in [0.25, 0.3) is 0 Å². The molecule has 1 aliphatic rings. The van der Waals surface area contributed by atoms with Gasteiger partial charge in [0.15, 0.2) is 0 Å². The van der Waals surface area contributed by atoms with E-state index in [1.807, 2.05) is 19.9 Å². The number of hydrogen-bond acceptors (Lipinski definition) is 4. The Morgan fingerprint density at radius 2 is 1.95 bits per heavy atom. The number of nitrogens with zero attached hydrogens (tertiary/aromatic N) is 1. The molecule has 0 bridgehead atoms. The lowest BCUT2D eigenvalue weighted by molar-refractivity contribution is 0.243. The largest absolute Gasteiger partial charge is 0.507 e. The molecular formula is C15H24N2O2. The smallest absolute Gasteiger partial charge is 0.122 e. The van der Waals surface area contributed by atoms with Crippen LogP contribution in [0.4, 0.5) is 0 Å². The maximum atomic E-state index is 10.2. The normalized spacial score (nSPS) is 16.6. The van der Waals surface area contributed by atoms with Crippen molar-refractivity contribution in [2.75, 3.05) is 39.8 Å².